The highest BCUT2D eigenvalue weighted by atomic mass is 19.3. The quantitative estimate of drug-likeness (QED) is 0.389. The first-order valence-corrected chi connectivity index (χ1v) is 17.4. The predicted molar refractivity (Wildman–Crippen MR) is 174 cm³/mol. The number of ketones is 1. The van der Waals surface area contributed by atoms with Crippen LogP contribution in [0.3, 0.4) is 0 Å². The molecule has 262 valence electrons. The van der Waals surface area contributed by atoms with Gasteiger partial charge in [-0.3, -0.25) is 9.59 Å². The number of ether oxygens (including phenoxy) is 3. The van der Waals surface area contributed by atoms with Gasteiger partial charge in [0.05, 0.1) is 30.7 Å². The minimum absolute atomic E-state index is 0.0453. The summed E-state index contributed by atoms with van der Waals surface area (Å²) in [6.45, 7) is 8.75. The summed E-state index contributed by atoms with van der Waals surface area (Å²) in [6, 6.07) is 3.00. The number of fused-ring (bicyclic) bond motifs is 5. The van der Waals surface area contributed by atoms with Crippen molar-refractivity contribution in [3.63, 3.8) is 0 Å². The molecule has 6 atom stereocenters. The molecule has 0 unspecified atom stereocenters. The van der Waals surface area contributed by atoms with E-state index in [1.807, 2.05) is 27.7 Å². The standard InChI is InChI=1S/C36H48F2N4O6/c1-7-23-27-19-42(28(23)20(2)43)32(44)30(34(3,4)5)41-33(45)48-26-12-8-10-21(26)11-9-15-35(16-17-35)36(37,38)29-31(47-27)40-25-18-22(46-6)13-14-24(25)39-29/h13-14,18,21,23,26-28,30H,7-12,15-17,19H2,1-6H3,(H,41,45)/t21-,23+,26+,27-,28+,30+/m0/s1. The Hall–Kier alpha value is -3.57. The lowest BCUT2D eigenvalue weighted by Crippen LogP contribution is -2.57. The van der Waals surface area contributed by atoms with E-state index in [2.05, 4.69) is 15.3 Å². The van der Waals surface area contributed by atoms with E-state index >= 15 is 8.78 Å². The molecule has 2 saturated carbocycles. The first-order valence-electron chi connectivity index (χ1n) is 17.4. The second-order valence-electron chi connectivity index (χ2n) is 15.3. The van der Waals surface area contributed by atoms with Gasteiger partial charge in [0, 0.05) is 17.4 Å². The molecule has 10 nitrogen and oxygen atoms in total. The third kappa shape index (κ3) is 6.19. The van der Waals surface area contributed by atoms with Crippen LogP contribution in [0.5, 0.6) is 11.6 Å². The van der Waals surface area contributed by atoms with Crippen molar-refractivity contribution in [1.29, 1.82) is 0 Å². The van der Waals surface area contributed by atoms with Crippen LogP contribution >= 0.6 is 0 Å². The molecular formula is C36H48F2N4O6. The summed E-state index contributed by atoms with van der Waals surface area (Å²) in [6.07, 6.45) is 3.14. The van der Waals surface area contributed by atoms with Gasteiger partial charge in [0.25, 0.3) is 0 Å². The molecule has 1 aromatic heterocycles. The first kappa shape index (κ1) is 34.3. The lowest BCUT2D eigenvalue weighted by atomic mass is 9.85. The predicted octanol–water partition coefficient (Wildman–Crippen LogP) is 6.58. The Morgan fingerprint density at radius 1 is 1.04 bits per heavy atom. The Labute approximate surface area is 280 Å². The highest BCUT2D eigenvalue weighted by Gasteiger charge is 2.64. The van der Waals surface area contributed by atoms with Gasteiger partial charge in [0.2, 0.25) is 11.8 Å². The molecule has 4 aliphatic rings. The molecule has 2 amide bonds. The Balaban J connectivity index is 1.47. The van der Waals surface area contributed by atoms with E-state index in [-0.39, 0.29) is 30.2 Å². The number of alkyl carbamates (subject to hydrolysis) is 1. The van der Waals surface area contributed by atoms with Crippen molar-refractivity contribution in [3.8, 4) is 11.6 Å². The normalized spacial score (nSPS) is 30.4. The van der Waals surface area contributed by atoms with E-state index in [4.69, 9.17) is 14.2 Å². The number of nitrogens with one attached hydrogen (secondary N) is 1. The van der Waals surface area contributed by atoms with E-state index < -0.39 is 58.6 Å². The number of aromatic nitrogens is 2. The maximum absolute atomic E-state index is 16.9. The number of Topliss-reactive ketones (excluding diaryl/α,β-unsaturated/α-hetero) is 1. The molecule has 2 aliphatic carbocycles. The Morgan fingerprint density at radius 2 is 1.77 bits per heavy atom. The molecule has 3 fully saturated rings. The van der Waals surface area contributed by atoms with Crippen LogP contribution in [0.25, 0.3) is 11.0 Å². The van der Waals surface area contributed by atoms with E-state index in [0.717, 1.165) is 12.8 Å². The third-order valence-electron chi connectivity index (χ3n) is 11.1. The maximum Gasteiger partial charge on any atom is 0.408 e. The molecule has 12 heteroatoms. The molecule has 2 aliphatic heterocycles. The second-order valence-corrected chi connectivity index (χ2v) is 15.3. The van der Waals surface area contributed by atoms with Crippen molar-refractivity contribution in [3.05, 3.63) is 23.9 Å². The zero-order valence-corrected chi connectivity index (χ0v) is 28.8. The third-order valence-corrected chi connectivity index (χ3v) is 11.1. The minimum Gasteiger partial charge on any atom is -0.497 e. The summed E-state index contributed by atoms with van der Waals surface area (Å²) in [5, 5.41) is 2.84. The molecular weight excluding hydrogens is 622 g/mol. The van der Waals surface area contributed by atoms with Crippen LogP contribution < -0.4 is 14.8 Å². The molecule has 2 aromatic rings. The minimum atomic E-state index is -3.35. The van der Waals surface area contributed by atoms with Gasteiger partial charge >= 0.3 is 12.0 Å². The Bertz CT molecular complexity index is 1570. The zero-order chi connectivity index (χ0) is 34.6. The number of carbonyl (C=O) groups is 3. The molecule has 0 radical (unpaired) electrons. The fourth-order valence-corrected chi connectivity index (χ4v) is 8.23. The first-order chi connectivity index (χ1) is 22.7. The van der Waals surface area contributed by atoms with Crippen LogP contribution in [0, 0.1) is 22.7 Å². The number of methoxy groups -OCH3 is 1. The molecule has 48 heavy (non-hydrogen) atoms. The van der Waals surface area contributed by atoms with Crippen LogP contribution in [-0.4, -0.2) is 70.6 Å². The number of hydrogen-bond acceptors (Lipinski definition) is 8. The van der Waals surface area contributed by atoms with Crippen molar-refractivity contribution in [1.82, 2.24) is 20.2 Å². The summed E-state index contributed by atoms with van der Waals surface area (Å²) in [7, 11) is 1.51. The van der Waals surface area contributed by atoms with Gasteiger partial charge in [-0.15, -0.1) is 0 Å². The summed E-state index contributed by atoms with van der Waals surface area (Å²) in [4.78, 5) is 51.5. The van der Waals surface area contributed by atoms with Crippen molar-refractivity contribution in [2.75, 3.05) is 13.7 Å². The SMILES string of the molecule is CC[C@@H]1[C@@H]2CN(C(=O)[C@H](C(C)(C)C)NC(=O)O[C@@H]3CCC[C@H]3CCCC3(CC3)C(F)(F)c3nc4ccc(OC)cc4nc3O2)[C@@H]1C(C)=O. The van der Waals surface area contributed by atoms with Crippen LogP contribution in [0.1, 0.15) is 98.1 Å². The van der Waals surface area contributed by atoms with Crippen molar-refractivity contribution in [2.45, 2.75) is 123 Å². The zero-order valence-electron chi connectivity index (χ0n) is 28.8. The lowest BCUT2D eigenvalue weighted by molar-refractivity contribution is -0.141. The Morgan fingerprint density at radius 3 is 2.42 bits per heavy atom. The Kier molecular flexibility index (Phi) is 9.08. The number of alkyl halides is 2. The molecule has 6 rings (SSSR count). The second kappa shape index (κ2) is 12.7. The number of rotatable bonds is 3. The van der Waals surface area contributed by atoms with Crippen LogP contribution in [0.15, 0.2) is 18.2 Å². The average Bonchev–Trinajstić information content (AvgIpc) is 3.57. The molecule has 3 heterocycles. The van der Waals surface area contributed by atoms with Gasteiger partial charge < -0.3 is 24.4 Å². The van der Waals surface area contributed by atoms with Crippen molar-refractivity contribution < 1.29 is 37.4 Å². The van der Waals surface area contributed by atoms with Gasteiger partial charge in [-0.05, 0) is 81.8 Å². The highest BCUT2D eigenvalue weighted by Crippen LogP contribution is 2.65. The van der Waals surface area contributed by atoms with Crippen molar-refractivity contribution >= 4 is 28.8 Å². The largest absolute Gasteiger partial charge is 0.497 e. The van der Waals surface area contributed by atoms with Gasteiger partial charge in [-0.1, -0.05) is 34.1 Å². The van der Waals surface area contributed by atoms with Gasteiger partial charge in [0.1, 0.15) is 24.0 Å². The summed E-state index contributed by atoms with van der Waals surface area (Å²) in [5.74, 6) is -4.33. The van der Waals surface area contributed by atoms with E-state index in [9.17, 15) is 14.4 Å². The number of nitrogens with zero attached hydrogens (tertiary/aromatic N) is 3. The van der Waals surface area contributed by atoms with Gasteiger partial charge in [-0.2, -0.15) is 8.78 Å². The van der Waals surface area contributed by atoms with Gasteiger partial charge in [0.15, 0.2) is 11.5 Å². The number of halogens is 2. The van der Waals surface area contributed by atoms with Crippen LogP contribution in [-0.2, 0) is 20.2 Å². The molecule has 1 saturated heterocycles. The van der Waals surface area contributed by atoms with Crippen molar-refractivity contribution in [2.24, 2.45) is 22.7 Å². The number of hydrogen-bond donors (Lipinski definition) is 1. The molecule has 1 spiro atoms. The number of carbonyl (C=O) groups excluding carboxylic acids is 3. The van der Waals surface area contributed by atoms with Crippen LogP contribution in [0.2, 0.25) is 0 Å². The molecule has 1 aromatic carbocycles. The maximum atomic E-state index is 16.9. The molecule has 1 N–H and O–H groups in total. The topological polar surface area (TPSA) is 120 Å². The lowest BCUT2D eigenvalue weighted by Gasteiger charge is -2.35. The van der Waals surface area contributed by atoms with E-state index in [0.29, 0.717) is 61.7 Å². The van der Waals surface area contributed by atoms with E-state index in [1.165, 1.54) is 18.9 Å². The van der Waals surface area contributed by atoms with Gasteiger partial charge in [-0.25, -0.2) is 14.8 Å². The fourth-order valence-electron chi connectivity index (χ4n) is 8.23. The fraction of sp³-hybridized carbons (Fsp3) is 0.694. The smallest absolute Gasteiger partial charge is 0.408 e. The monoisotopic (exact) mass is 670 g/mol. The average molecular weight is 671 g/mol. The highest BCUT2D eigenvalue weighted by molar-refractivity contribution is 5.92. The summed E-state index contributed by atoms with van der Waals surface area (Å²) < 4.78 is 51.6. The number of benzene rings is 1. The molecule has 2 bridgehead atoms. The van der Waals surface area contributed by atoms with Crippen LogP contribution in [0.4, 0.5) is 13.6 Å². The summed E-state index contributed by atoms with van der Waals surface area (Å²) in [5.41, 5.74) is -1.91. The van der Waals surface area contributed by atoms with E-state index in [1.54, 1.807) is 18.2 Å². The summed E-state index contributed by atoms with van der Waals surface area (Å²) >= 11 is 0. The number of amides is 2.